The van der Waals surface area contributed by atoms with Gasteiger partial charge in [-0.1, -0.05) is 42.5 Å². The number of esters is 1. The number of halogens is 2. The van der Waals surface area contributed by atoms with Gasteiger partial charge in [-0.25, -0.2) is 9.79 Å². The predicted molar refractivity (Wildman–Crippen MR) is 154 cm³/mol. The normalized spacial score (nSPS) is 14.2. The maximum atomic E-state index is 12.6. The number of fused-ring (bicyclic) bond motifs is 1. The van der Waals surface area contributed by atoms with Crippen LogP contribution in [0.1, 0.15) is 16.7 Å². The Morgan fingerprint density at radius 1 is 0.943 bits per heavy atom. The monoisotopic (exact) mass is 687 g/mol. The highest BCUT2D eigenvalue weighted by atomic mass is 127. The summed E-state index contributed by atoms with van der Waals surface area (Å²) in [6.07, 6.45) is 1.70. The molecule has 1 aliphatic heterocycles. The first kappa shape index (κ1) is 23.8. The lowest BCUT2D eigenvalue weighted by Gasteiger charge is -2.14. The lowest BCUT2D eigenvalue weighted by molar-refractivity contribution is -0.129. The number of aliphatic imine (C=N–C) groups is 1. The molecule has 0 atom stereocenters. The summed E-state index contributed by atoms with van der Waals surface area (Å²) < 4.78 is 19.2. The first-order chi connectivity index (χ1) is 17.0. The highest BCUT2D eigenvalue weighted by Gasteiger charge is 2.24. The lowest BCUT2D eigenvalue weighted by atomic mass is 10.1. The van der Waals surface area contributed by atoms with E-state index in [0.717, 1.165) is 31.0 Å². The Bertz CT molecular complexity index is 1490. The number of ether oxygens (including phenoxy) is 3. The number of rotatable bonds is 6. The number of carbonyl (C=O) groups is 1. The van der Waals surface area contributed by atoms with Gasteiger partial charge in [0.1, 0.15) is 6.61 Å². The molecule has 0 aromatic heterocycles. The van der Waals surface area contributed by atoms with Gasteiger partial charge in [-0.2, -0.15) is 0 Å². The summed E-state index contributed by atoms with van der Waals surface area (Å²) in [5.41, 5.74) is 2.83. The van der Waals surface area contributed by atoms with Crippen molar-refractivity contribution in [3.63, 3.8) is 0 Å². The summed E-state index contributed by atoms with van der Waals surface area (Å²) in [5, 5.41) is 2.17. The van der Waals surface area contributed by atoms with Gasteiger partial charge in [0, 0.05) is 9.13 Å². The minimum absolute atomic E-state index is 0.235. The summed E-state index contributed by atoms with van der Waals surface area (Å²) in [5.74, 6) is 1.05. The van der Waals surface area contributed by atoms with Crippen LogP contribution in [-0.2, 0) is 16.1 Å². The summed E-state index contributed by atoms with van der Waals surface area (Å²) in [7, 11) is 1.60. The van der Waals surface area contributed by atoms with Crippen molar-refractivity contribution in [3.05, 3.63) is 108 Å². The van der Waals surface area contributed by atoms with E-state index >= 15 is 0 Å². The van der Waals surface area contributed by atoms with Crippen molar-refractivity contribution in [3.8, 4) is 11.5 Å². The van der Waals surface area contributed by atoms with Crippen molar-refractivity contribution in [2.75, 3.05) is 7.11 Å². The average molecular weight is 687 g/mol. The molecule has 0 amide bonds. The molecule has 0 spiro atoms. The number of methoxy groups -OCH3 is 1. The van der Waals surface area contributed by atoms with Gasteiger partial charge >= 0.3 is 5.97 Å². The molecular weight excluding hydrogens is 668 g/mol. The van der Waals surface area contributed by atoms with Crippen LogP contribution in [0.5, 0.6) is 11.5 Å². The first-order valence-electron chi connectivity index (χ1n) is 10.8. The van der Waals surface area contributed by atoms with E-state index in [9.17, 15) is 4.79 Å². The van der Waals surface area contributed by atoms with Gasteiger partial charge in [-0.3, -0.25) is 0 Å². The molecule has 5 rings (SSSR count). The Labute approximate surface area is 230 Å². The van der Waals surface area contributed by atoms with E-state index in [1.807, 2.05) is 78.9 Å². The lowest BCUT2D eigenvalue weighted by Crippen LogP contribution is -2.05. The molecule has 7 heteroatoms. The van der Waals surface area contributed by atoms with E-state index < -0.39 is 5.97 Å². The number of hydrogen-bond acceptors (Lipinski definition) is 5. The highest BCUT2D eigenvalue weighted by Crippen LogP contribution is 2.35. The van der Waals surface area contributed by atoms with Crippen molar-refractivity contribution in [2.45, 2.75) is 6.61 Å². The number of carbonyl (C=O) groups excluding carboxylic acids is 1. The van der Waals surface area contributed by atoms with E-state index in [-0.39, 0.29) is 5.70 Å². The zero-order valence-electron chi connectivity index (χ0n) is 18.6. The summed E-state index contributed by atoms with van der Waals surface area (Å²) in [6, 6.07) is 25.8. The summed E-state index contributed by atoms with van der Waals surface area (Å²) >= 11 is 4.48. The minimum Gasteiger partial charge on any atom is -0.493 e. The molecule has 1 aliphatic rings. The molecule has 0 N–H and O–H groups in total. The van der Waals surface area contributed by atoms with Crippen molar-refractivity contribution in [1.82, 2.24) is 0 Å². The van der Waals surface area contributed by atoms with Crippen LogP contribution < -0.4 is 9.47 Å². The third kappa shape index (κ3) is 5.35. The second kappa shape index (κ2) is 10.4. The first-order valence-corrected chi connectivity index (χ1v) is 12.9. The van der Waals surface area contributed by atoms with Crippen LogP contribution >= 0.6 is 45.2 Å². The van der Waals surface area contributed by atoms with E-state index in [1.165, 1.54) is 3.57 Å². The average Bonchev–Trinajstić information content (AvgIpc) is 3.23. The van der Waals surface area contributed by atoms with Crippen LogP contribution in [0.4, 0.5) is 0 Å². The molecule has 0 unspecified atom stereocenters. The van der Waals surface area contributed by atoms with Crippen molar-refractivity contribution in [2.24, 2.45) is 4.99 Å². The standard InChI is InChI=1S/C28H19I2NO4/c1-33-25-14-18(12-23(30)26(25)34-16-17-6-10-22(29)11-7-17)13-24-28(32)35-27(31-24)21-9-8-19-4-2-3-5-20(19)15-21/h2-15H,16H2,1H3/b24-13-. The Kier molecular flexibility index (Phi) is 7.05. The predicted octanol–water partition coefficient (Wildman–Crippen LogP) is 6.98. The zero-order valence-corrected chi connectivity index (χ0v) is 22.9. The fourth-order valence-electron chi connectivity index (χ4n) is 3.71. The summed E-state index contributed by atoms with van der Waals surface area (Å²) in [4.78, 5) is 17.0. The second-order valence-corrected chi connectivity index (χ2v) is 10.3. The van der Waals surface area contributed by atoms with Crippen LogP contribution in [0.3, 0.4) is 0 Å². The van der Waals surface area contributed by atoms with Gasteiger partial charge in [0.05, 0.1) is 10.7 Å². The van der Waals surface area contributed by atoms with Gasteiger partial charge in [-0.05, 0) is 110 Å². The Morgan fingerprint density at radius 2 is 1.71 bits per heavy atom. The quantitative estimate of drug-likeness (QED) is 0.125. The van der Waals surface area contributed by atoms with E-state index in [2.05, 4.69) is 50.2 Å². The van der Waals surface area contributed by atoms with Crippen molar-refractivity contribution in [1.29, 1.82) is 0 Å². The molecule has 0 saturated heterocycles. The largest absolute Gasteiger partial charge is 0.493 e. The third-order valence-electron chi connectivity index (χ3n) is 5.47. The third-order valence-corrected chi connectivity index (χ3v) is 6.99. The zero-order chi connectivity index (χ0) is 24.4. The van der Waals surface area contributed by atoms with Gasteiger partial charge in [0.15, 0.2) is 17.2 Å². The smallest absolute Gasteiger partial charge is 0.363 e. The number of cyclic esters (lactones) is 1. The molecule has 4 aromatic carbocycles. The second-order valence-electron chi connectivity index (χ2n) is 7.85. The highest BCUT2D eigenvalue weighted by molar-refractivity contribution is 14.1. The minimum atomic E-state index is -0.485. The Morgan fingerprint density at radius 3 is 2.49 bits per heavy atom. The fraction of sp³-hybridized carbons (Fsp3) is 0.0714. The van der Waals surface area contributed by atoms with E-state index in [4.69, 9.17) is 14.2 Å². The Balaban J connectivity index is 1.40. The molecule has 35 heavy (non-hydrogen) atoms. The topological polar surface area (TPSA) is 57.1 Å². The summed E-state index contributed by atoms with van der Waals surface area (Å²) in [6.45, 7) is 0.426. The number of hydrogen-bond donors (Lipinski definition) is 0. The molecule has 5 nitrogen and oxygen atoms in total. The van der Waals surface area contributed by atoms with E-state index in [0.29, 0.717) is 24.0 Å². The SMILES string of the molecule is COc1cc(/C=C2\N=C(c3ccc4ccccc4c3)OC2=O)cc(I)c1OCc1ccc(I)cc1. The molecule has 0 bridgehead atoms. The van der Waals surface area contributed by atoms with Crippen LogP contribution in [0.2, 0.25) is 0 Å². The molecule has 0 fully saturated rings. The van der Waals surface area contributed by atoms with Gasteiger partial charge < -0.3 is 14.2 Å². The number of benzene rings is 4. The number of nitrogens with zero attached hydrogens (tertiary/aromatic N) is 1. The van der Waals surface area contributed by atoms with Crippen molar-refractivity contribution >= 4 is 73.9 Å². The maximum absolute atomic E-state index is 12.6. The van der Waals surface area contributed by atoms with Crippen LogP contribution in [0.15, 0.2) is 89.6 Å². The van der Waals surface area contributed by atoms with Gasteiger partial charge in [0.2, 0.25) is 5.90 Å². The molecule has 174 valence electrons. The molecule has 1 heterocycles. The molecule has 4 aromatic rings. The fourth-order valence-corrected chi connectivity index (χ4v) is 4.85. The Hall–Kier alpha value is -2.92. The maximum Gasteiger partial charge on any atom is 0.363 e. The molecule has 0 saturated carbocycles. The van der Waals surface area contributed by atoms with Gasteiger partial charge in [0.25, 0.3) is 0 Å². The van der Waals surface area contributed by atoms with Crippen LogP contribution in [0, 0.1) is 7.14 Å². The van der Waals surface area contributed by atoms with Crippen LogP contribution in [0.25, 0.3) is 16.8 Å². The van der Waals surface area contributed by atoms with Crippen LogP contribution in [-0.4, -0.2) is 19.0 Å². The molecular formula is C28H19I2NO4. The van der Waals surface area contributed by atoms with Gasteiger partial charge in [-0.15, -0.1) is 0 Å². The van der Waals surface area contributed by atoms with E-state index in [1.54, 1.807) is 13.2 Å². The van der Waals surface area contributed by atoms with Crippen molar-refractivity contribution < 1.29 is 19.0 Å². The molecule has 0 radical (unpaired) electrons. The molecule has 0 aliphatic carbocycles.